The van der Waals surface area contributed by atoms with Crippen LogP contribution in [-0.2, 0) is 6.54 Å². The van der Waals surface area contributed by atoms with Crippen molar-refractivity contribution in [2.45, 2.75) is 26.4 Å². The van der Waals surface area contributed by atoms with Crippen molar-refractivity contribution in [2.75, 3.05) is 5.73 Å². The van der Waals surface area contributed by atoms with E-state index in [0.717, 1.165) is 11.8 Å². The minimum Gasteiger partial charge on any atom is -0.399 e. The number of hydrogen-bond acceptors (Lipinski definition) is 3. The molecule has 21 heavy (non-hydrogen) atoms. The van der Waals surface area contributed by atoms with Gasteiger partial charge in [-0.1, -0.05) is 12.1 Å². The second kappa shape index (κ2) is 6.35. The average Bonchev–Trinajstić information content (AvgIpc) is 2.44. The molecule has 110 valence electrons. The van der Waals surface area contributed by atoms with Crippen LogP contribution in [0.4, 0.5) is 10.1 Å². The molecule has 4 nitrogen and oxygen atoms in total. The van der Waals surface area contributed by atoms with Crippen LogP contribution in [0.5, 0.6) is 0 Å². The second-order valence-corrected chi connectivity index (χ2v) is 5.13. The van der Waals surface area contributed by atoms with Gasteiger partial charge in [-0.2, -0.15) is 0 Å². The summed E-state index contributed by atoms with van der Waals surface area (Å²) < 4.78 is 13.7. The lowest BCUT2D eigenvalue weighted by molar-refractivity contribution is 0.0685. The van der Waals surface area contributed by atoms with Crippen molar-refractivity contribution >= 4 is 11.6 Å². The molecule has 1 aromatic carbocycles. The lowest BCUT2D eigenvalue weighted by Crippen LogP contribution is -2.36. The highest BCUT2D eigenvalue weighted by atomic mass is 19.1. The molecule has 1 heterocycles. The molecule has 0 radical (unpaired) electrons. The first-order valence-corrected chi connectivity index (χ1v) is 6.74. The zero-order valence-electron chi connectivity index (χ0n) is 12.1. The van der Waals surface area contributed by atoms with Gasteiger partial charge in [-0.15, -0.1) is 0 Å². The summed E-state index contributed by atoms with van der Waals surface area (Å²) in [6.07, 6.45) is 2.46. The number of nitrogen functional groups attached to an aromatic ring is 1. The lowest BCUT2D eigenvalue weighted by Gasteiger charge is -2.27. The van der Waals surface area contributed by atoms with Crippen molar-refractivity contribution < 1.29 is 9.18 Å². The van der Waals surface area contributed by atoms with Crippen molar-refractivity contribution in [1.29, 1.82) is 0 Å². The highest BCUT2D eigenvalue weighted by Gasteiger charge is 2.21. The van der Waals surface area contributed by atoms with Gasteiger partial charge in [-0.25, -0.2) is 4.39 Å². The van der Waals surface area contributed by atoms with Crippen molar-refractivity contribution in [3.63, 3.8) is 0 Å². The smallest absolute Gasteiger partial charge is 0.257 e. The van der Waals surface area contributed by atoms with E-state index in [1.165, 1.54) is 12.3 Å². The van der Waals surface area contributed by atoms with E-state index in [-0.39, 0.29) is 17.5 Å². The molecule has 2 rings (SSSR count). The van der Waals surface area contributed by atoms with Crippen LogP contribution in [0.3, 0.4) is 0 Å². The van der Waals surface area contributed by atoms with E-state index in [1.807, 2.05) is 32.0 Å². The SMILES string of the molecule is CC(C)N(Cc1cccc(N)c1)C(=O)c1ccncc1F. The lowest BCUT2D eigenvalue weighted by atomic mass is 10.1. The van der Waals surface area contributed by atoms with E-state index in [4.69, 9.17) is 5.73 Å². The summed E-state index contributed by atoms with van der Waals surface area (Å²) >= 11 is 0. The number of nitrogens with zero attached hydrogens (tertiary/aromatic N) is 2. The largest absolute Gasteiger partial charge is 0.399 e. The molecule has 5 heteroatoms. The monoisotopic (exact) mass is 287 g/mol. The normalized spacial score (nSPS) is 10.7. The van der Waals surface area contributed by atoms with Gasteiger partial charge in [0, 0.05) is 24.5 Å². The highest BCUT2D eigenvalue weighted by molar-refractivity contribution is 5.94. The van der Waals surface area contributed by atoms with E-state index in [0.29, 0.717) is 12.2 Å². The number of aromatic nitrogens is 1. The van der Waals surface area contributed by atoms with Crippen LogP contribution in [0.15, 0.2) is 42.7 Å². The number of halogens is 1. The fraction of sp³-hybridized carbons (Fsp3) is 0.250. The number of rotatable bonds is 4. The summed E-state index contributed by atoms with van der Waals surface area (Å²) in [6.45, 7) is 4.16. The van der Waals surface area contributed by atoms with Gasteiger partial charge in [0.05, 0.1) is 11.8 Å². The fourth-order valence-electron chi connectivity index (χ4n) is 2.08. The summed E-state index contributed by atoms with van der Waals surface area (Å²) in [5.74, 6) is -0.965. The standard InChI is InChI=1S/C16H18FN3O/c1-11(2)20(10-12-4-3-5-13(18)8-12)16(21)14-6-7-19-9-15(14)17/h3-9,11H,10,18H2,1-2H3. The number of amides is 1. The van der Waals surface area contributed by atoms with Gasteiger partial charge in [-0.3, -0.25) is 9.78 Å². The molecule has 0 bridgehead atoms. The first-order chi connectivity index (χ1) is 9.99. The summed E-state index contributed by atoms with van der Waals surface area (Å²) in [5.41, 5.74) is 7.33. The number of anilines is 1. The van der Waals surface area contributed by atoms with Crippen LogP contribution in [0.25, 0.3) is 0 Å². The predicted octanol–water partition coefficient (Wildman–Crippen LogP) is 2.85. The third-order valence-corrected chi connectivity index (χ3v) is 3.19. The van der Waals surface area contributed by atoms with E-state index in [9.17, 15) is 9.18 Å². The maximum Gasteiger partial charge on any atom is 0.257 e. The Kier molecular flexibility index (Phi) is 4.52. The molecule has 2 N–H and O–H groups in total. The van der Waals surface area contributed by atoms with Gasteiger partial charge in [0.15, 0.2) is 5.82 Å². The summed E-state index contributed by atoms with van der Waals surface area (Å²) in [7, 11) is 0. The van der Waals surface area contributed by atoms with Crippen LogP contribution in [-0.4, -0.2) is 21.8 Å². The minimum atomic E-state index is -0.610. The van der Waals surface area contributed by atoms with Crippen LogP contribution >= 0.6 is 0 Å². The Morgan fingerprint density at radius 2 is 2.14 bits per heavy atom. The molecule has 0 fully saturated rings. The summed E-state index contributed by atoms with van der Waals surface area (Å²) in [6, 6.07) is 8.65. The second-order valence-electron chi connectivity index (χ2n) is 5.13. The molecule has 0 aliphatic carbocycles. The minimum absolute atomic E-state index is 0.0302. The number of nitrogens with two attached hydrogens (primary N) is 1. The zero-order valence-corrected chi connectivity index (χ0v) is 12.1. The highest BCUT2D eigenvalue weighted by Crippen LogP contribution is 2.16. The Morgan fingerprint density at radius 1 is 1.38 bits per heavy atom. The molecule has 0 unspecified atom stereocenters. The van der Waals surface area contributed by atoms with E-state index < -0.39 is 5.82 Å². The zero-order chi connectivity index (χ0) is 15.4. The molecular formula is C16H18FN3O. The average molecular weight is 287 g/mol. The number of carbonyl (C=O) groups excluding carboxylic acids is 1. The van der Waals surface area contributed by atoms with Gasteiger partial charge >= 0.3 is 0 Å². The number of pyridine rings is 1. The van der Waals surface area contributed by atoms with Crippen LogP contribution < -0.4 is 5.73 Å². The summed E-state index contributed by atoms with van der Waals surface area (Å²) in [5, 5.41) is 0. The van der Waals surface area contributed by atoms with E-state index >= 15 is 0 Å². The van der Waals surface area contributed by atoms with Crippen LogP contribution in [0, 0.1) is 5.82 Å². The molecule has 0 atom stereocenters. The topological polar surface area (TPSA) is 59.2 Å². The van der Waals surface area contributed by atoms with Crippen molar-refractivity contribution in [2.24, 2.45) is 0 Å². The molecule has 1 aromatic heterocycles. The van der Waals surface area contributed by atoms with Crippen LogP contribution in [0.2, 0.25) is 0 Å². The van der Waals surface area contributed by atoms with Gasteiger partial charge < -0.3 is 10.6 Å². The molecule has 0 saturated carbocycles. The van der Waals surface area contributed by atoms with Crippen molar-refractivity contribution in [3.05, 3.63) is 59.7 Å². The maximum absolute atomic E-state index is 13.7. The molecular weight excluding hydrogens is 269 g/mol. The van der Waals surface area contributed by atoms with Crippen LogP contribution in [0.1, 0.15) is 29.8 Å². The van der Waals surface area contributed by atoms with Gasteiger partial charge in [0.2, 0.25) is 0 Å². The predicted molar refractivity (Wildman–Crippen MR) is 80.1 cm³/mol. The van der Waals surface area contributed by atoms with E-state index in [1.54, 1.807) is 11.0 Å². The Balaban J connectivity index is 2.27. The number of carbonyl (C=O) groups is 1. The molecule has 0 saturated heterocycles. The first kappa shape index (κ1) is 15.0. The Hall–Kier alpha value is -2.43. The molecule has 0 aliphatic heterocycles. The van der Waals surface area contributed by atoms with Gasteiger partial charge in [0.1, 0.15) is 0 Å². The van der Waals surface area contributed by atoms with E-state index in [2.05, 4.69) is 4.98 Å². The number of benzene rings is 1. The molecule has 1 amide bonds. The quantitative estimate of drug-likeness (QED) is 0.880. The summed E-state index contributed by atoms with van der Waals surface area (Å²) in [4.78, 5) is 17.8. The van der Waals surface area contributed by atoms with Crippen molar-refractivity contribution in [3.8, 4) is 0 Å². The maximum atomic E-state index is 13.7. The first-order valence-electron chi connectivity index (χ1n) is 6.74. The fourth-order valence-corrected chi connectivity index (χ4v) is 2.08. The van der Waals surface area contributed by atoms with Gasteiger partial charge in [-0.05, 0) is 37.6 Å². The third kappa shape index (κ3) is 3.56. The number of hydrogen-bond donors (Lipinski definition) is 1. The Bertz CT molecular complexity index is 643. The molecule has 2 aromatic rings. The Labute approximate surface area is 123 Å². The molecule has 0 spiro atoms. The Morgan fingerprint density at radius 3 is 2.76 bits per heavy atom. The third-order valence-electron chi connectivity index (χ3n) is 3.19. The molecule has 0 aliphatic rings. The van der Waals surface area contributed by atoms with Gasteiger partial charge in [0.25, 0.3) is 5.91 Å². The van der Waals surface area contributed by atoms with Crippen molar-refractivity contribution in [1.82, 2.24) is 9.88 Å².